The highest BCUT2D eigenvalue weighted by Crippen LogP contribution is 1.99. The second-order valence-electron chi connectivity index (χ2n) is 3.53. The van der Waals surface area contributed by atoms with Crippen LogP contribution in [0.2, 0.25) is 0 Å². The number of furan rings is 1. The first kappa shape index (κ1) is 13.8. The van der Waals surface area contributed by atoms with Crippen LogP contribution in [0.4, 0.5) is 4.79 Å². The molecule has 0 spiro atoms. The molecule has 0 saturated heterocycles. The number of carbonyl (C=O) groups is 3. The topological polar surface area (TPSA) is 109 Å². The number of rotatable bonds is 6. The van der Waals surface area contributed by atoms with E-state index in [1.807, 2.05) is 5.32 Å². The van der Waals surface area contributed by atoms with Crippen molar-refractivity contribution in [3.8, 4) is 0 Å². The number of carboxylic acid groups (broad SMARTS) is 1. The molecule has 1 heterocycles. The highest BCUT2D eigenvalue weighted by atomic mass is 16.4. The summed E-state index contributed by atoms with van der Waals surface area (Å²) in [6, 6.07) is 2.87. The first-order valence-corrected chi connectivity index (χ1v) is 5.40. The van der Waals surface area contributed by atoms with Crippen LogP contribution in [0.3, 0.4) is 0 Å². The number of amides is 3. The summed E-state index contributed by atoms with van der Waals surface area (Å²) in [4.78, 5) is 32.5. The van der Waals surface area contributed by atoms with Gasteiger partial charge in [-0.15, -0.1) is 0 Å². The molecule has 98 valence electrons. The smallest absolute Gasteiger partial charge is 0.321 e. The molecule has 0 saturated carbocycles. The first-order valence-electron chi connectivity index (χ1n) is 5.40. The maximum absolute atomic E-state index is 11.2. The highest BCUT2D eigenvalue weighted by molar-refractivity contribution is 5.95. The van der Waals surface area contributed by atoms with E-state index < -0.39 is 17.9 Å². The minimum atomic E-state index is -1.08. The van der Waals surface area contributed by atoms with Crippen molar-refractivity contribution in [1.82, 2.24) is 10.6 Å². The summed E-state index contributed by atoms with van der Waals surface area (Å²) in [6.07, 6.45) is 1.53. The standard InChI is InChI=1S/C11H14N2O5/c14-9(3-4-10(15)16)13-11(17)12-6-5-8-2-1-7-18-8/h1-2,7H,3-6H2,(H,15,16)(H2,12,13,14,17). The van der Waals surface area contributed by atoms with Crippen LogP contribution in [-0.4, -0.2) is 29.6 Å². The molecule has 1 aromatic rings. The van der Waals surface area contributed by atoms with E-state index in [9.17, 15) is 14.4 Å². The lowest BCUT2D eigenvalue weighted by atomic mass is 10.3. The monoisotopic (exact) mass is 254 g/mol. The van der Waals surface area contributed by atoms with Gasteiger partial charge in [0.05, 0.1) is 12.7 Å². The predicted octanol–water partition coefficient (Wildman–Crippen LogP) is 0.513. The van der Waals surface area contributed by atoms with E-state index >= 15 is 0 Å². The number of hydrogen-bond acceptors (Lipinski definition) is 4. The van der Waals surface area contributed by atoms with Gasteiger partial charge < -0.3 is 14.8 Å². The second-order valence-corrected chi connectivity index (χ2v) is 3.53. The Hall–Kier alpha value is -2.31. The molecule has 0 aliphatic heterocycles. The molecular formula is C11H14N2O5. The van der Waals surface area contributed by atoms with Crippen molar-refractivity contribution in [3.05, 3.63) is 24.2 Å². The zero-order chi connectivity index (χ0) is 13.4. The Morgan fingerprint density at radius 2 is 2.06 bits per heavy atom. The van der Waals surface area contributed by atoms with E-state index in [0.717, 1.165) is 5.76 Å². The maximum Gasteiger partial charge on any atom is 0.321 e. The number of aliphatic carboxylic acids is 1. The van der Waals surface area contributed by atoms with Crippen LogP contribution in [-0.2, 0) is 16.0 Å². The second kappa shape index (κ2) is 7.10. The van der Waals surface area contributed by atoms with Crippen molar-refractivity contribution in [3.63, 3.8) is 0 Å². The molecule has 0 aliphatic rings. The number of imide groups is 1. The Labute approximate surface area is 103 Å². The van der Waals surface area contributed by atoms with Crippen molar-refractivity contribution in [2.75, 3.05) is 6.54 Å². The van der Waals surface area contributed by atoms with Gasteiger partial charge in [0.1, 0.15) is 5.76 Å². The molecule has 0 aromatic carbocycles. The molecule has 18 heavy (non-hydrogen) atoms. The molecular weight excluding hydrogens is 240 g/mol. The van der Waals surface area contributed by atoms with Gasteiger partial charge in [0.2, 0.25) is 5.91 Å². The molecule has 0 fully saturated rings. The average molecular weight is 254 g/mol. The highest BCUT2D eigenvalue weighted by Gasteiger charge is 2.09. The SMILES string of the molecule is O=C(O)CCC(=O)NC(=O)NCCc1ccco1. The molecule has 0 aliphatic carbocycles. The molecule has 0 radical (unpaired) electrons. The first-order chi connectivity index (χ1) is 8.58. The molecule has 7 heteroatoms. The summed E-state index contributed by atoms with van der Waals surface area (Å²) in [6.45, 7) is 0.325. The van der Waals surface area contributed by atoms with Crippen LogP contribution in [0, 0.1) is 0 Å². The van der Waals surface area contributed by atoms with Crippen LogP contribution >= 0.6 is 0 Å². The van der Waals surface area contributed by atoms with E-state index in [0.29, 0.717) is 13.0 Å². The lowest BCUT2D eigenvalue weighted by Crippen LogP contribution is -2.40. The number of urea groups is 1. The van der Waals surface area contributed by atoms with Crippen molar-refractivity contribution in [2.24, 2.45) is 0 Å². The largest absolute Gasteiger partial charge is 0.481 e. The third kappa shape index (κ3) is 5.69. The Morgan fingerprint density at radius 3 is 2.67 bits per heavy atom. The van der Waals surface area contributed by atoms with Gasteiger partial charge in [0.15, 0.2) is 0 Å². The van der Waals surface area contributed by atoms with Crippen molar-refractivity contribution < 1.29 is 23.9 Å². The molecule has 1 rings (SSSR count). The fourth-order valence-corrected chi connectivity index (χ4v) is 1.21. The van der Waals surface area contributed by atoms with Gasteiger partial charge in [-0.2, -0.15) is 0 Å². The summed E-state index contributed by atoms with van der Waals surface area (Å²) in [7, 11) is 0. The third-order valence-corrected chi connectivity index (χ3v) is 2.06. The maximum atomic E-state index is 11.2. The third-order valence-electron chi connectivity index (χ3n) is 2.06. The van der Waals surface area contributed by atoms with Crippen molar-refractivity contribution in [1.29, 1.82) is 0 Å². The Morgan fingerprint density at radius 1 is 1.28 bits per heavy atom. The Kier molecular flexibility index (Phi) is 5.43. The summed E-state index contributed by atoms with van der Waals surface area (Å²) in [5, 5.41) is 12.8. The normalized spacial score (nSPS) is 9.78. The summed E-state index contributed by atoms with van der Waals surface area (Å²) in [5.74, 6) is -0.969. The lowest BCUT2D eigenvalue weighted by Gasteiger charge is -2.05. The van der Waals surface area contributed by atoms with Gasteiger partial charge in [-0.05, 0) is 12.1 Å². The average Bonchev–Trinajstić information content (AvgIpc) is 2.79. The van der Waals surface area contributed by atoms with Crippen LogP contribution in [0.25, 0.3) is 0 Å². The van der Waals surface area contributed by atoms with E-state index in [1.54, 1.807) is 12.1 Å². The van der Waals surface area contributed by atoms with E-state index in [2.05, 4.69) is 5.32 Å². The Bertz CT molecular complexity index is 413. The fraction of sp³-hybridized carbons (Fsp3) is 0.364. The molecule has 0 bridgehead atoms. The minimum Gasteiger partial charge on any atom is -0.481 e. The molecule has 0 atom stereocenters. The zero-order valence-electron chi connectivity index (χ0n) is 9.64. The zero-order valence-corrected chi connectivity index (χ0v) is 9.64. The number of carboxylic acids is 1. The van der Waals surface area contributed by atoms with E-state index in [-0.39, 0.29) is 12.8 Å². The lowest BCUT2D eigenvalue weighted by molar-refractivity contribution is -0.138. The number of carbonyl (C=O) groups excluding carboxylic acids is 2. The van der Waals surface area contributed by atoms with Gasteiger partial charge in [0.25, 0.3) is 0 Å². The quantitative estimate of drug-likeness (QED) is 0.685. The fourth-order valence-electron chi connectivity index (χ4n) is 1.21. The Balaban J connectivity index is 2.13. The van der Waals surface area contributed by atoms with Crippen molar-refractivity contribution in [2.45, 2.75) is 19.3 Å². The molecule has 1 aromatic heterocycles. The van der Waals surface area contributed by atoms with Gasteiger partial charge >= 0.3 is 12.0 Å². The predicted molar refractivity (Wildman–Crippen MR) is 60.8 cm³/mol. The molecule has 0 unspecified atom stereocenters. The molecule has 3 amide bonds. The minimum absolute atomic E-state index is 0.221. The van der Waals surface area contributed by atoms with Gasteiger partial charge in [0, 0.05) is 19.4 Å². The summed E-state index contributed by atoms with van der Waals surface area (Å²) in [5.41, 5.74) is 0. The van der Waals surface area contributed by atoms with Gasteiger partial charge in [-0.25, -0.2) is 4.79 Å². The summed E-state index contributed by atoms with van der Waals surface area (Å²) < 4.78 is 5.06. The van der Waals surface area contributed by atoms with Crippen molar-refractivity contribution >= 4 is 17.9 Å². The van der Waals surface area contributed by atoms with E-state index in [4.69, 9.17) is 9.52 Å². The van der Waals surface area contributed by atoms with Gasteiger partial charge in [-0.1, -0.05) is 0 Å². The van der Waals surface area contributed by atoms with Crippen LogP contribution in [0.5, 0.6) is 0 Å². The summed E-state index contributed by atoms with van der Waals surface area (Å²) >= 11 is 0. The van der Waals surface area contributed by atoms with Crippen LogP contribution < -0.4 is 10.6 Å². The molecule has 3 N–H and O–H groups in total. The number of nitrogens with one attached hydrogen (secondary N) is 2. The number of hydrogen-bond donors (Lipinski definition) is 3. The van der Waals surface area contributed by atoms with E-state index in [1.165, 1.54) is 6.26 Å². The van der Waals surface area contributed by atoms with Gasteiger partial charge in [-0.3, -0.25) is 14.9 Å². The van der Waals surface area contributed by atoms with Crippen LogP contribution in [0.15, 0.2) is 22.8 Å². The van der Waals surface area contributed by atoms with Crippen LogP contribution in [0.1, 0.15) is 18.6 Å². The molecule has 7 nitrogen and oxygen atoms in total.